The predicted octanol–water partition coefficient (Wildman–Crippen LogP) is 3.70. The number of nitrogens with zero attached hydrogens (tertiary/aromatic N) is 4. The number of nitro groups is 1. The van der Waals surface area contributed by atoms with Crippen LogP contribution in [0, 0.1) is 10.1 Å². The molecule has 1 fully saturated rings. The zero-order chi connectivity index (χ0) is 28.6. The van der Waals surface area contributed by atoms with Crippen molar-refractivity contribution in [2.24, 2.45) is 4.99 Å². The molecule has 0 spiro atoms. The molecular weight excluding hydrogens is 532 g/mol. The van der Waals surface area contributed by atoms with E-state index in [0.29, 0.717) is 31.9 Å². The van der Waals surface area contributed by atoms with Crippen LogP contribution in [0.5, 0.6) is 5.75 Å². The Morgan fingerprint density at radius 3 is 2.50 bits per heavy atom. The van der Waals surface area contributed by atoms with E-state index in [9.17, 15) is 19.7 Å². The van der Waals surface area contributed by atoms with Crippen LogP contribution in [0.25, 0.3) is 6.08 Å². The number of anilines is 1. The average molecular weight is 563 g/mol. The van der Waals surface area contributed by atoms with Crippen LogP contribution >= 0.6 is 11.3 Å². The van der Waals surface area contributed by atoms with Crippen molar-refractivity contribution in [3.8, 4) is 5.75 Å². The number of non-ortho nitro benzene ring substituents is 1. The Kier molecular flexibility index (Phi) is 7.57. The fourth-order valence-corrected chi connectivity index (χ4v) is 6.16. The lowest BCUT2D eigenvalue weighted by Crippen LogP contribution is -2.40. The maximum atomic E-state index is 14.0. The lowest BCUT2D eigenvalue weighted by molar-refractivity contribution is -0.384. The molecule has 10 nitrogen and oxygen atoms in total. The zero-order valence-corrected chi connectivity index (χ0v) is 23.6. The van der Waals surface area contributed by atoms with Crippen LogP contribution in [-0.4, -0.2) is 41.8 Å². The molecule has 3 aromatic rings. The van der Waals surface area contributed by atoms with Gasteiger partial charge in [0.15, 0.2) is 4.80 Å². The number of benzene rings is 2. The maximum absolute atomic E-state index is 14.0. The van der Waals surface area contributed by atoms with Crippen LogP contribution in [0.15, 0.2) is 63.5 Å². The number of nitro benzene ring substituents is 1. The third-order valence-electron chi connectivity index (χ3n) is 6.97. The third-order valence-corrected chi connectivity index (χ3v) is 7.95. The number of esters is 1. The zero-order valence-electron chi connectivity index (χ0n) is 22.7. The van der Waals surface area contributed by atoms with Crippen molar-refractivity contribution in [1.82, 2.24) is 4.57 Å². The highest BCUT2D eigenvalue weighted by atomic mass is 32.1. The molecule has 0 N–H and O–H groups in total. The first-order valence-corrected chi connectivity index (χ1v) is 13.9. The number of hydrogen-bond acceptors (Lipinski definition) is 9. The smallest absolute Gasteiger partial charge is 0.338 e. The molecule has 11 heteroatoms. The number of carbonyl (C=O) groups excluding carboxylic acids is 1. The molecule has 0 radical (unpaired) electrons. The minimum absolute atomic E-state index is 0.0485. The van der Waals surface area contributed by atoms with E-state index in [1.807, 2.05) is 12.1 Å². The summed E-state index contributed by atoms with van der Waals surface area (Å²) in [7, 11) is 1.57. The Hall–Kier alpha value is -4.25. The highest BCUT2D eigenvalue weighted by molar-refractivity contribution is 7.07. The normalized spacial score (nSPS) is 17.2. The monoisotopic (exact) mass is 562 g/mol. The Labute approximate surface area is 234 Å². The van der Waals surface area contributed by atoms with Gasteiger partial charge in [-0.1, -0.05) is 23.5 Å². The van der Waals surface area contributed by atoms with Gasteiger partial charge in [-0.2, -0.15) is 0 Å². The molecular formula is C29H30N4O6S. The summed E-state index contributed by atoms with van der Waals surface area (Å²) in [4.78, 5) is 45.7. The van der Waals surface area contributed by atoms with E-state index < -0.39 is 16.9 Å². The minimum Gasteiger partial charge on any atom is -0.497 e. The molecule has 208 valence electrons. The molecule has 1 atom stereocenters. The van der Waals surface area contributed by atoms with Gasteiger partial charge in [-0.05, 0) is 63.5 Å². The molecule has 1 unspecified atom stereocenters. The van der Waals surface area contributed by atoms with E-state index in [1.54, 1.807) is 52.2 Å². The second-order valence-corrected chi connectivity index (χ2v) is 11.0. The van der Waals surface area contributed by atoms with Crippen molar-refractivity contribution in [2.45, 2.75) is 45.8 Å². The van der Waals surface area contributed by atoms with Crippen LogP contribution in [0.3, 0.4) is 0 Å². The number of fused-ring (bicyclic) bond motifs is 1. The van der Waals surface area contributed by atoms with Crippen LogP contribution in [0.1, 0.15) is 50.8 Å². The lowest BCUT2D eigenvalue weighted by Gasteiger charge is -2.25. The second kappa shape index (κ2) is 11.1. The average Bonchev–Trinajstić information content (AvgIpc) is 3.56. The van der Waals surface area contributed by atoms with Crippen molar-refractivity contribution in [2.75, 3.05) is 25.1 Å². The van der Waals surface area contributed by atoms with E-state index in [0.717, 1.165) is 31.6 Å². The van der Waals surface area contributed by atoms with Crippen molar-refractivity contribution >= 4 is 34.8 Å². The van der Waals surface area contributed by atoms with Crippen LogP contribution < -0.4 is 24.5 Å². The summed E-state index contributed by atoms with van der Waals surface area (Å²) in [6, 6.07) is 11.2. The molecule has 1 saturated heterocycles. The van der Waals surface area contributed by atoms with Crippen molar-refractivity contribution in [3.63, 3.8) is 0 Å². The summed E-state index contributed by atoms with van der Waals surface area (Å²) in [5, 5.41) is 11.6. The molecule has 0 bridgehead atoms. The van der Waals surface area contributed by atoms with Gasteiger partial charge in [0.05, 0.1) is 40.0 Å². The van der Waals surface area contributed by atoms with Gasteiger partial charge in [-0.15, -0.1) is 0 Å². The Bertz CT molecular complexity index is 1680. The molecule has 0 saturated carbocycles. The van der Waals surface area contributed by atoms with Gasteiger partial charge in [0.1, 0.15) is 5.75 Å². The molecule has 0 amide bonds. The van der Waals surface area contributed by atoms with E-state index in [-0.39, 0.29) is 22.9 Å². The number of aromatic nitrogens is 1. The Balaban J connectivity index is 1.71. The van der Waals surface area contributed by atoms with Crippen LogP contribution in [0.2, 0.25) is 0 Å². The molecule has 2 aromatic carbocycles. The van der Waals surface area contributed by atoms with E-state index in [1.165, 1.54) is 28.0 Å². The SMILES string of the molecule is COc1ccc(C2C(C(=O)OC(C)C)=C(C)N=c3s/c(=C/c4cc([N+](=O)[O-])ccc4N4CCCC4)c(=O)n32)cc1. The number of methoxy groups -OCH3 is 1. The quantitative estimate of drug-likeness (QED) is 0.245. The van der Waals surface area contributed by atoms with Gasteiger partial charge in [0, 0.05) is 36.5 Å². The van der Waals surface area contributed by atoms with Crippen molar-refractivity contribution < 1.29 is 19.2 Å². The lowest BCUT2D eigenvalue weighted by atomic mass is 9.96. The molecule has 2 aliphatic heterocycles. The largest absolute Gasteiger partial charge is 0.497 e. The molecule has 5 rings (SSSR count). The summed E-state index contributed by atoms with van der Waals surface area (Å²) in [5.41, 5.74) is 2.50. The first-order chi connectivity index (χ1) is 19.2. The predicted molar refractivity (Wildman–Crippen MR) is 153 cm³/mol. The number of allylic oxidation sites excluding steroid dienone is 1. The summed E-state index contributed by atoms with van der Waals surface area (Å²) < 4.78 is 12.7. The van der Waals surface area contributed by atoms with E-state index >= 15 is 0 Å². The molecule has 40 heavy (non-hydrogen) atoms. The highest BCUT2D eigenvalue weighted by Crippen LogP contribution is 2.32. The van der Waals surface area contributed by atoms with Crippen LogP contribution in [-0.2, 0) is 9.53 Å². The molecule has 0 aliphatic carbocycles. The van der Waals surface area contributed by atoms with Crippen molar-refractivity contribution in [3.05, 3.63) is 94.7 Å². The van der Waals surface area contributed by atoms with E-state index in [4.69, 9.17) is 9.47 Å². The molecule has 1 aromatic heterocycles. The van der Waals surface area contributed by atoms with Gasteiger partial charge < -0.3 is 14.4 Å². The fraction of sp³-hybridized carbons (Fsp3) is 0.345. The number of thiazole rings is 1. The van der Waals surface area contributed by atoms with Gasteiger partial charge in [0.2, 0.25) is 0 Å². The molecule has 3 heterocycles. The minimum atomic E-state index is -0.765. The summed E-state index contributed by atoms with van der Waals surface area (Å²) in [6.07, 6.45) is 3.41. The first-order valence-electron chi connectivity index (χ1n) is 13.1. The Morgan fingerprint density at radius 2 is 1.88 bits per heavy atom. The third kappa shape index (κ3) is 5.16. The van der Waals surface area contributed by atoms with Gasteiger partial charge in [-0.3, -0.25) is 19.5 Å². The van der Waals surface area contributed by atoms with Gasteiger partial charge in [-0.25, -0.2) is 9.79 Å². The first kappa shape index (κ1) is 27.3. The van der Waals surface area contributed by atoms with Gasteiger partial charge in [0.25, 0.3) is 11.2 Å². The van der Waals surface area contributed by atoms with Crippen molar-refractivity contribution in [1.29, 1.82) is 0 Å². The standard InChI is InChI=1S/C29H30N4O6S/c1-17(2)39-28(35)25-18(3)30-29-32(26(25)19-7-10-22(38-4)11-8-19)27(34)24(40-29)16-20-15-21(33(36)37)9-12-23(20)31-13-5-6-14-31/h7-12,15-17,26H,5-6,13-14H2,1-4H3/b24-16+. The van der Waals surface area contributed by atoms with Gasteiger partial charge >= 0.3 is 5.97 Å². The number of hydrogen-bond donors (Lipinski definition) is 0. The van der Waals surface area contributed by atoms with E-state index in [2.05, 4.69) is 9.89 Å². The summed E-state index contributed by atoms with van der Waals surface area (Å²) in [5.74, 6) is 0.102. The number of ether oxygens (including phenoxy) is 2. The number of carbonyl (C=O) groups is 1. The second-order valence-electron chi connectivity index (χ2n) is 10.0. The highest BCUT2D eigenvalue weighted by Gasteiger charge is 2.34. The maximum Gasteiger partial charge on any atom is 0.338 e. The topological polar surface area (TPSA) is 116 Å². The fourth-order valence-electron chi connectivity index (χ4n) is 5.12. The molecule has 2 aliphatic rings. The Morgan fingerprint density at radius 1 is 1.18 bits per heavy atom. The number of rotatable bonds is 7. The summed E-state index contributed by atoms with van der Waals surface area (Å²) >= 11 is 1.19. The van der Waals surface area contributed by atoms with Crippen LogP contribution in [0.4, 0.5) is 11.4 Å². The summed E-state index contributed by atoms with van der Waals surface area (Å²) in [6.45, 7) is 6.96.